The highest BCUT2D eigenvalue weighted by molar-refractivity contribution is 5.22. The smallest absolute Gasteiger partial charge is 0.182 e. The fourth-order valence-electron chi connectivity index (χ4n) is 0.922. The molecule has 0 aromatic heterocycles. The Balaban J connectivity index is 1.93. The molecule has 10 heavy (non-hydrogen) atoms. The summed E-state index contributed by atoms with van der Waals surface area (Å²) in [5, 5.41) is 8.42. The minimum absolute atomic E-state index is 0.226. The third-order valence-corrected chi connectivity index (χ3v) is 1.64. The predicted octanol–water partition coefficient (Wildman–Crippen LogP) is 0.627. The van der Waals surface area contributed by atoms with Crippen molar-refractivity contribution in [3.05, 3.63) is 21.9 Å². The van der Waals surface area contributed by atoms with Crippen LogP contribution in [-0.2, 0) is 6.42 Å². The van der Waals surface area contributed by atoms with Crippen LogP contribution in [0.15, 0.2) is 10.9 Å². The van der Waals surface area contributed by atoms with Crippen LogP contribution in [0, 0.1) is 0 Å². The normalized spacial score (nSPS) is 10.9. The zero-order chi connectivity index (χ0) is 7.40. The average Bonchev–Trinajstić information content (AvgIpc) is 2.60. The number of aliphatic hydroxyl groups is 1. The summed E-state index contributed by atoms with van der Waals surface area (Å²) in [7, 11) is 0. The lowest BCUT2D eigenvalue weighted by Gasteiger charge is -1.92. The van der Waals surface area contributed by atoms with Gasteiger partial charge in [0.05, 0.1) is 0 Å². The monoisotopic (exact) mass is 140 g/mol. The van der Waals surface area contributed by atoms with Gasteiger partial charge >= 0.3 is 0 Å². The Morgan fingerprint density at radius 2 is 2.00 bits per heavy atom. The van der Waals surface area contributed by atoms with Crippen molar-refractivity contribution in [1.82, 2.24) is 0 Å². The van der Waals surface area contributed by atoms with Gasteiger partial charge in [0.1, 0.15) is 0 Å². The summed E-state index contributed by atoms with van der Waals surface area (Å²) >= 11 is 0. The topological polar surface area (TPSA) is 37.3 Å². The maximum absolute atomic E-state index is 10.4. The Morgan fingerprint density at radius 1 is 1.30 bits per heavy atom. The van der Waals surface area contributed by atoms with Crippen molar-refractivity contribution in [3.63, 3.8) is 0 Å². The lowest BCUT2D eigenvalue weighted by Crippen LogP contribution is -1.86. The third kappa shape index (κ3) is 2.31. The second-order valence-corrected chi connectivity index (χ2v) is 2.57. The van der Waals surface area contributed by atoms with Crippen LogP contribution in [0.2, 0.25) is 0 Å². The molecule has 2 heteroatoms. The number of aliphatic hydroxyl groups excluding tert-OH is 1. The van der Waals surface area contributed by atoms with E-state index in [9.17, 15) is 4.79 Å². The van der Waals surface area contributed by atoms with E-state index in [2.05, 4.69) is 0 Å². The number of rotatable bonds is 5. The van der Waals surface area contributed by atoms with E-state index in [1.807, 2.05) is 0 Å². The second-order valence-electron chi connectivity index (χ2n) is 2.57. The zero-order valence-corrected chi connectivity index (χ0v) is 5.97. The summed E-state index contributed by atoms with van der Waals surface area (Å²) in [5.74, 6) is 0. The van der Waals surface area contributed by atoms with Crippen LogP contribution in [0.25, 0.3) is 0 Å². The Labute approximate surface area is 60.2 Å². The molecule has 0 saturated carbocycles. The molecule has 0 aliphatic heterocycles. The van der Waals surface area contributed by atoms with Gasteiger partial charge in [0.15, 0.2) is 5.43 Å². The van der Waals surface area contributed by atoms with Gasteiger partial charge in [-0.25, -0.2) is 0 Å². The highest BCUT2D eigenvalue weighted by atomic mass is 16.2. The molecule has 0 radical (unpaired) electrons. The van der Waals surface area contributed by atoms with Gasteiger partial charge < -0.3 is 5.11 Å². The van der Waals surface area contributed by atoms with Crippen LogP contribution in [0.4, 0.5) is 0 Å². The first kappa shape index (κ1) is 7.48. The first-order valence-corrected chi connectivity index (χ1v) is 3.70. The molecule has 0 saturated heterocycles. The van der Waals surface area contributed by atoms with Crippen molar-refractivity contribution in [2.24, 2.45) is 0 Å². The van der Waals surface area contributed by atoms with E-state index >= 15 is 0 Å². The molecule has 1 N–H and O–H groups in total. The summed E-state index contributed by atoms with van der Waals surface area (Å²) < 4.78 is 0. The second kappa shape index (κ2) is 3.52. The highest BCUT2D eigenvalue weighted by Gasteiger charge is 2.05. The summed E-state index contributed by atoms with van der Waals surface area (Å²) in [5.41, 5.74) is 1.21. The molecule has 0 bridgehead atoms. The standard InChI is InChI=1S/C8H12O2/c9-5-3-1-2-4-7-6-8(7)10/h6,9H,1-5H2. The number of aryl methyl sites for hydroxylation is 1. The van der Waals surface area contributed by atoms with Gasteiger partial charge in [0, 0.05) is 12.2 Å². The summed E-state index contributed by atoms with van der Waals surface area (Å²) in [4.78, 5) is 10.4. The summed E-state index contributed by atoms with van der Waals surface area (Å²) in [6, 6.07) is 1.68. The van der Waals surface area contributed by atoms with Crippen molar-refractivity contribution in [3.8, 4) is 0 Å². The van der Waals surface area contributed by atoms with Crippen molar-refractivity contribution in [2.75, 3.05) is 6.61 Å². The van der Waals surface area contributed by atoms with E-state index in [4.69, 9.17) is 5.11 Å². The molecule has 0 atom stereocenters. The number of unbranched alkanes of at least 4 members (excludes halogenated alkanes) is 2. The Hall–Kier alpha value is -0.630. The minimum Gasteiger partial charge on any atom is -0.396 e. The molecule has 0 heterocycles. The van der Waals surface area contributed by atoms with Crippen molar-refractivity contribution >= 4 is 0 Å². The molecule has 0 amide bonds. The Bertz CT molecular complexity index is 196. The lowest BCUT2D eigenvalue weighted by atomic mass is 10.2. The first-order valence-electron chi connectivity index (χ1n) is 3.70. The number of hydrogen-bond acceptors (Lipinski definition) is 2. The third-order valence-electron chi connectivity index (χ3n) is 1.64. The van der Waals surface area contributed by atoms with E-state index in [1.54, 1.807) is 6.07 Å². The van der Waals surface area contributed by atoms with Gasteiger partial charge in [-0.2, -0.15) is 0 Å². The molecule has 2 nitrogen and oxygen atoms in total. The largest absolute Gasteiger partial charge is 0.396 e. The first-order chi connectivity index (χ1) is 4.84. The van der Waals surface area contributed by atoms with Crippen LogP contribution in [0.3, 0.4) is 0 Å². The van der Waals surface area contributed by atoms with Gasteiger partial charge in [-0.15, -0.1) is 0 Å². The maximum atomic E-state index is 10.4. The Morgan fingerprint density at radius 3 is 2.50 bits per heavy atom. The van der Waals surface area contributed by atoms with Crippen LogP contribution < -0.4 is 5.43 Å². The highest BCUT2D eigenvalue weighted by Crippen LogP contribution is 2.04. The molecule has 0 fully saturated rings. The SMILES string of the molecule is O=c1cc1CCCCCO. The molecule has 0 aliphatic rings. The molecule has 0 unspecified atom stereocenters. The van der Waals surface area contributed by atoms with E-state index in [0.717, 1.165) is 31.2 Å². The van der Waals surface area contributed by atoms with Gasteiger partial charge in [0.2, 0.25) is 0 Å². The van der Waals surface area contributed by atoms with E-state index in [-0.39, 0.29) is 12.0 Å². The van der Waals surface area contributed by atoms with Gasteiger partial charge in [0.25, 0.3) is 0 Å². The van der Waals surface area contributed by atoms with Crippen molar-refractivity contribution in [1.29, 1.82) is 0 Å². The molecule has 1 aromatic carbocycles. The van der Waals surface area contributed by atoms with E-state index in [0.29, 0.717) is 0 Å². The molecule has 1 aromatic rings. The molecule has 0 spiro atoms. The summed E-state index contributed by atoms with van der Waals surface area (Å²) in [6.45, 7) is 0.271. The van der Waals surface area contributed by atoms with Crippen molar-refractivity contribution in [2.45, 2.75) is 25.7 Å². The molecular weight excluding hydrogens is 128 g/mol. The van der Waals surface area contributed by atoms with Crippen LogP contribution in [0.5, 0.6) is 0 Å². The average molecular weight is 140 g/mol. The van der Waals surface area contributed by atoms with E-state index in [1.165, 1.54) is 0 Å². The quantitative estimate of drug-likeness (QED) is 0.609. The minimum atomic E-state index is 0.226. The van der Waals surface area contributed by atoms with Gasteiger partial charge in [-0.05, 0) is 25.3 Å². The van der Waals surface area contributed by atoms with Crippen molar-refractivity contribution < 1.29 is 5.11 Å². The zero-order valence-electron chi connectivity index (χ0n) is 5.97. The maximum Gasteiger partial charge on any atom is 0.182 e. The lowest BCUT2D eigenvalue weighted by molar-refractivity contribution is 0.283. The molecule has 0 aliphatic carbocycles. The van der Waals surface area contributed by atoms with Gasteiger partial charge in [-0.3, -0.25) is 4.79 Å². The van der Waals surface area contributed by atoms with Crippen LogP contribution in [0.1, 0.15) is 24.8 Å². The van der Waals surface area contributed by atoms with E-state index < -0.39 is 0 Å². The molecule has 1 rings (SSSR count). The Kier molecular flexibility index (Phi) is 2.63. The summed E-state index contributed by atoms with van der Waals surface area (Å²) in [6.07, 6.45) is 3.85. The molecular formula is C8H12O2. The fraction of sp³-hybridized carbons (Fsp3) is 0.625. The molecule has 56 valence electrons. The van der Waals surface area contributed by atoms with Gasteiger partial charge in [-0.1, -0.05) is 6.42 Å². The predicted molar refractivity (Wildman–Crippen MR) is 39.7 cm³/mol. The fourth-order valence-corrected chi connectivity index (χ4v) is 0.922. The van der Waals surface area contributed by atoms with Crippen LogP contribution in [-0.4, -0.2) is 11.7 Å². The number of hydrogen-bond donors (Lipinski definition) is 1. The van der Waals surface area contributed by atoms with Crippen LogP contribution >= 0.6 is 0 Å².